The molecule has 0 saturated heterocycles. The number of benzene rings is 1. The quantitative estimate of drug-likeness (QED) is 0.448. The van der Waals surface area contributed by atoms with E-state index in [1.165, 1.54) is 12.1 Å². The lowest BCUT2D eigenvalue weighted by Gasteiger charge is -2.11. The predicted molar refractivity (Wildman–Crippen MR) is 82.2 cm³/mol. The number of nitrogens with one attached hydrogen (secondary N) is 2. The van der Waals surface area contributed by atoms with Crippen LogP contribution >= 0.6 is 11.6 Å². The van der Waals surface area contributed by atoms with Crippen LogP contribution in [0.3, 0.4) is 0 Å². The summed E-state index contributed by atoms with van der Waals surface area (Å²) in [6, 6.07) is 10.4. The summed E-state index contributed by atoms with van der Waals surface area (Å²) in [6.45, 7) is 0.406. The molecule has 0 bridgehead atoms. The zero-order valence-electron chi connectivity index (χ0n) is 11.4. The normalized spacial score (nSPS) is 10.2. The molecule has 6 nitrogen and oxygen atoms in total. The number of hydrogen-bond donors (Lipinski definition) is 3. The average molecular weight is 307 g/mol. The van der Waals surface area contributed by atoms with Crippen LogP contribution in [0, 0.1) is 0 Å². The minimum absolute atomic E-state index is 0.181. The first-order chi connectivity index (χ1) is 10.1. The van der Waals surface area contributed by atoms with Gasteiger partial charge < -0.3 is 15.5 Å². The Labute approximate surface area is 127 Å². The first-order valence-electron chi connectivity index (χ1n) is 6.16. The van der Waals surface area contributed by atoms with Gasteiger partial charge in [0.05, 0.1) is 6.61 Å². The molecule has 1 amide bonds. The first-order valence-corrected chi connectivity index (χ1v) is 6.54. The number of pyridine rings is 1. The maximum Gasteiger partial charge on any atom is 0.255 e. The number of anilines is 2. The van der Waals surface area contributed by atoms with Crippen LogP contribution in [0.5, 0.6) is 0 Å². The molecule has 21 heavy (non-hydrogen) atoms. The molecular formula is C14H15ClN4O2. The van der Waals surface area contributed by atoms with Crippen molar-refractivity contribution < 1.29 is 9.53 Å². The number of rotatable bonds is 5. The number of aromatic nitrogens is 1. The molecule has 4 N–H and O–H groups in total. The number of hydrazine groups is 1. The van der Waals surface area contributed by atoms with Crippen LogP contribution in [-0.4, -0.2) is 18.0 Å². The van der Waals surface area contributed by atoms with Crippen LogP contribution in [0.1, 0.15) is 15.9 Å². The van der Waals surface area contributed by atoms with Gasteiger partial charge in [-0.25, -0.2) is 10.8 Å². The zero-order chi connectivity index (χ0) is 15.2. The van der Waals surface area contributed by atoms with Gasteiger partial charge in [-0.1, -0.05) is 29.8 Å². The third kappa shape index (κ3) is 3.91. The van der Waals surface area contributed by atoms with Gasteiger partial charge in [-0.2, -0.15) is 0 Å². The maximum absolute atomic E-state index is 12.3. The van der Waals surface area contributed by atoms with E-state index < -0.39 is 0 Å². The molecular weight excluding hydrogens is 292 g/mol. The minimum atomic E-state index is -0.306. The molecule has 0 fully saturated rings. The molecule has 0 aliphatic rings. The molecule has 0 aliphatic heterocycles. The number of nitrogens with two attached hydrogens (primary N) is 1. The van der Waals surface area contributed by atoms with Crippen LogP contribution in [0.4, 0.5) is 11.5 Å². The third-order valence-corrected chi connectivity index (χ3v) is 2.96. The zero-order valence-corrected chi connectivity index (χ0v) is 12.1. The van der Waals surface area contributed by atoms with Crippen molar-refractivity contribution in [3.8, 4) is 0 Å². The van der Waals surface area contributed by atoms with Crippen LogP contribution in [-0.2, 0) is 11.3 Å². The van der Waals surface area contributed by atoms with Gasteiger partial charge >= 0.3 is 0 Å². The lowest BCUT2D eigenvalue weighted by atomic mass is 10.1. The molecule has 0 unspecified atom stereocenters. The van der Waals surface area contributed by atoms with Crippen LogP contribution in [0.2, 0.25) is 5.15 Å². The lowest BCUT2D eigenvalue weighted by molar-refractivity contribution is 0.102. The number of methoxy groups -OCH3 is 1. The Hall–Kier alpha value is -2.15. The molecule has 0 aliphatic carbocycles. The number of halogens is 1. The highest BCUT2D eigenvalue weighted by Gasteiger charge is 2.11. The Bertz CT molecular complexity index is 649. The number of amides is 1. The summed E-state index contributed by atoms with van der Waals surface area (Å²) < 4.78 is 5.10. The number of hydrogen-bond acceptors (Lipinski definition) is 5. The van der Waals surface area contributed by atoms with E-state index in [2.05, 4.69) is 15.7 Å². The summed E-state index contributed by atoms with van der Waals surface area (Å²) in [5, 5.41) is 3.00. The van der Waals surface area contributed by atoms with Crippen molar-refractivity contribution in [1.82, 2.24) is 4.98 Å². The van der Waals surface area contributed by atoms with Crippen LogP contribution < -0.4 is 16.6 Å². The number of ether oxygens (including phenoxy) is 1. The SMILES string of the molecule is COCc1ccccc1NC(=O)c1cc(Cl)nc(NN)c1. The van der Waals surface area contributed by atoms with Crippen molar-refractivity contribution in [2.45, 2.75) is 6.61 Å². The second-order valence-corrected chi connectivity index (χ2v) is 4.64. The molecule has 0 spiro atoms. The van der Waals surface area contributed by atoms with Crippen molar-refractivity contribution in [2.75, 3.05) is 17.9 Å². The lowest BCUT2D eigenvalue weighted by Crippen LogP contribution is -2.15. The highest BCUT2D eigenvalue weighted by molar-refractivity contribution is 6.30. The molecule has 1 aromatic heterocycles. The molecule has 0 atom stereocenters. The summed E-state index contributed by atoms with van der Waals surface area (Å²) >= 11 is 5.85. The van der Waals surface area contributed by atoms with Gasteiger partial charge in [0.2, 0.25) is 0 Å². The number of para-hydroxylation sites is 1. The van der Waals surface area contributed by atoms with E-state index in [9.17, 15) is 4.79 Å². The van der Waals surface area contributed by atoms with Crippen LogP contribution in [0.15, 0.2) is 36.4 Å². The standard InChI is InChI=1S/C14H15ClN4O2/c1-21-8-9-4-2-3-5-11(9)17-14(20)10-6-12(15)18-13(7-10)19-16/h2-7H,8,16H2,1H3,(H,17,20)(H,18,19). The first kappa shape index (κ1) is 15.2. The van der Waals surface area contributed by atoms with Gasteiger partial charge in [0.1, 0.15) is 11.0 Å². The van der Waals surface area contributed by atoms with E-state index in [1.807, 2.05) is 18.2 Å². The minimum Gasteiger partial charge on any atom is -0.380 e. The fourth-order valence-corrected chi connectivity index (χ4v) is 2.03. The molecule has 0 radical (unpaired) electrons. The van der Waals surface area contributed by atoms with Gasteiger partial charge in [0.15, 0.2) is 0 Å². The number of carbonyl (C=O) groups is 1. The van der Waals surface area contributed by atoms with Crippen molar-refractivity contribution in [3.63, 3.8) is 0 Å². The topological polar surface area (TPSA) is 89.3 Å². The van der Waals surface area contributed by atoms with E-state index in [0.717, 1.165) is 5.56 Å². The smallest absolute Gasteiger partial charge is 0.255 e. The Balaban J connectivity index is 2.24. The van der Waals surface area contributed by atoms with E-state index in [0.29, 0.717) is 23.7 Å². The van der Waals surface area contributed by atoms with Crippen molar-refractivity contribution in [2.24, 2.45) is 5.84 Å². The van der Waals surface area contributed by atoms with Crippen LogP contribution in [0.25, 0.3) is 0 Å². The molecule has 1 heterocycles. The summed E-state index contributed by atoms with van der Waals surface area (Å²) in [7, 11) is 1.60. The number of nitrogen functional groups attached to an aromatic ring is 1. The second kappa shape index (κ2) is 7.03. The van der Waals surface area contributed by atoms with Gasteiger partial charge in [-0.3, -0.25) is 4.79 Å². The number of nitrogens with zero attached hydrogens (tertiary/aromatic N) is 1. The van der Waals surface area contributed by atoms with E-state index >= 15 is 0 Å². The predicted octanol–water partition coefficient (Wildman–Crippen LogP) is 2.42. The molecule has 7 heteroatoms. The number of carbonyl (C=O) groups excluding carboxylic acids is 1. The summed E-state index contributed by atoms with van der Waals surface area (Å²) in [6.07, 6.45) is 0. The summed E-state index contributed by atoms with van der Waals surface area (Å²) in [5.41, 5.74) is 4.28. The Morgan fingerprint density at radius 1 is 1.38 bits per heavy atom. The summed E-state index contributed by atoms with van der Waals surface area (Å²) in [5.74, 6) is 5.30. The van der Waals surface area contributed by atoms with Gasteiger partial charge in [-0.05, 0) is 18.2 Å². The van der Waals surface area contributed by atoms with Gasteiger partial charge in [-0.15, -0.1) is 0 Å². The molecule has 0 saturated carbocycles. The van der Waals surface area contributed by atoms with Crippen molar-refractivity contribution >= 4 is 29.0 Å². The highest BCUT2D eigenvalue weighted by Crippen LogP contribution is 2.19. The second-order valence-electron chi connectivity index (χ2n) is 4.25. The Morgan fingerprint density at radius 3 is 2.86 bits per heavy atom. The fourth-order valence-electron chi connectivity index (χ4n) is 1.82. The largest absolute Gasteiger partial charge is 0.380 e. The monoisotopic (exact) mass is 306 g/mol. The third-order valence-electron chi connectivity index (χ3n) is 2.77. The molecule has 110 valence electrons. The summed E-state index contributed by atoms with van der Waals surface area (Å²) in [4.78, 5) is 16.2. The van der Waals surface area contributed by atoms with Gasteiger partial charge in [0.25, 0.3) is 5.91 Å². The highest BCUT2D eigenvalue weighted by atomic mass is 35.5. The van der Waals surface area contributed by atoms with Crippen molar-refractivity contribution in [1.29, 1.82) is 0 Å². The van der Waals surface area contributed by atoms with E-state index in [-0.39, 0.29) is 11.1 Å². The van der Waals surface area contributed by atoms with Gasteiger partial charge in [0, 0.05) is 23.9 Å². The fraction of sp³-hybridized carbons (Fsp3) is 0.143. The Morgan fingerprint density at radius 2 is 2.14 bits per heavy atom. The Kier molecular flexibility index (Phi) is 5.10. The van der Waals surface area contributed by atoms with E-state index in [1.54, 1.807) is 13.2 Å². The molecule has 2 aromatic rings. The average Bonchev–Trinajstić information content (AvgIpc) is 2.48. The molecule has 2 rings (SSSR count). The van der Waals surface area contributed by atoms with E-state index in [4.69, 9.17) is 22.2 Å². The maximum atomic E-state index is 12.3. The molecule has 1 aromatic carbocycles. The van der Waals surface area contributed by atoms with Crippen molar-refractivity contribution in [3.05, 3.63) is 52.7 Å².